The van der Waals surface area contributed by atoms with Gasteiger partial charge in [-0.1, -0.05) is 19.9 Å². The second kappa shape index (κ2) is 4.73. The van der Waals surface area contributed by atoms with Crippen molar-refractivity contribution in [1.82, 2.24) is 0 Å². The Balaban J connectivity index is 3.16. The largest absolute Gasteiger partial charge is 0.395 e. The first kappa shape index (κ1) is 12.1. The van der Waals surface area contributed by atoms with Crippen LogP contribution in [0.15, 0.2) is 18.2 Å². The Bertz CT molecular complexity index is 334. The van der Waals surface area contributed by atoms with E-state index in [1.165, 1.54) is 12.1 Å². The van der Waals surface area contributed by atoms with Gasteiger partial charge in [0.25, 0.3) is 0 Å². The van der Waals surface area contributed by atoms with Crippen molar-refractivity contribution in [3.8, 4) is 0 Å². The van der Waals surface area contributed by atoms with E-state index in [0.29, 0.717) is 6.61 Å². The van der Waals surface area contributed by atoms with E-state index in [-0.39, 0.29) is 17.8 Å². The highest BCUT2D eigenvalue weighted by Gasteiger charge is 2.22. The zero-order valence-corrected chi connectivity index (χ0v) is 9.38. The lowest BCUT2D eigenvalue weighted by atomic mass is 9.82. The third kappa shape index (κ3) is 2.76. The Morgan fingerprint density at radius 1 is 1.40 bits per heavy atom. The first-order valence-corrected chi connectivity index (χ1v) is 4.90. The van der Waals surface area contributed by atoms with Gasteiger partial charge in [-0.05, 0) is 23.3 Å². The molecule has 1 rings (SSSR count). The number of hydrogen-bond acceptors (Lipinski definition) is 2. The number of methoxy groups -OCH3 is 1. The van der Waals surface area contributed by atoms with Crippen molar-refractivity contribution in [3.63, 3.8) is 0 Å². The number of halogens is 1. The molecule has 0 aliphatic rings. The van der Waals surface area contributed by atoms with E-state index in [0.717, 1.165) is 11.1 Å². The quantitative estimate of drug-likeness (QED) is 0.829. The van der Waals surface area contributed by atoms with Crippen molar-refractivity contribution in [2.45, 2.75) is 25.9 Å². The number of aliphatic hydroxyl groups is 1. The van der Waals surface area contributed by atoms with Crippen LogP contribution in [0.1, 0.15) is 25.0 Å². The fourth-order valence-corrected chi connectivity index (χ4v) is 1.58. The third-order valence-electron chi connectivity index (χ3n) is 2.49. The molecule has 0 aliphatic carbocycles. The molecule has 1 N–H and O–H groups in total. The summed E-state index contributed by atoms with van der Waals surface area (Å²) in [5, 5.41) is 9.27. The Labute approximate surface area is 89.7 Å². The summed E-state index contributed by atoms with van der Waals surface area (Å²) in [5.41, 5.74) is 1.34. The second-order valence-corrected chi connectivity index (χ2v) is 4.28. The molecule has 0 amide bonds. The lowest BCUT2D eigenvalue weighted by Crippen LogP contribution is -2.24. The summed E-state index contributed by atoms with van der Waals surface area (Å²) in [5.74, 6) is -0.278. The Kier molecular flexibility index (Phi) is 3.83. The molecule has 1 aromatic rings. The Hall–Kier alpha value is -0.930. The molecule has 0 spiro atoms. The van der Waals surface area contributed by atoms with Crippen molar-refractivity contribution in [1.29, 1.82) is 0 Å². The SMILES string of the molecule is COCc1cc(F)ccc1C(C)(C)CO. The summed E-state index contributed by atoms with van der Waals surface area (Å²) in [4.78, 5) is 0. The predicted octanol–water partition coefficient (Wildman–Crippen LogP) is 2.24. The van der Waals surface area contributed by atoms with Gasteiger partial charge < -0.3 is 9.84 Å². The summed E-state index contributed by atoms with van der Waals surface area (Å²) in [7, 11) is 1.57. The van der Waals surface area contributed by atoms with Gasteiger partial charge in [-0.3, -0.25) is 0 Å². The molecule has 0 aliphatic heterocycles. The van der Waals surface area contributed by atoms with Crippen LogP contribution in [0, 0.1) is 5.82 Å². The number of aliphatic hydroxyl groups excluding tert-OH is 1. The van der Waals surface area contributed by atoms with E-state index in [9.17, 15) is 9.50 Å². The highest BCUT2D eigenvalue weighted by atomic mass is 19.1. The molecule has 0 bridgehead atoms. The van der Waals surface area contributed by atoms with Crippen molar-refractivity contribution in [2.75, 3.05) is 13.7 Å². The molecule has 1 aromatic carbocycles. The molecule has 15 heavy (non-hydrogen) atoms. The van der Waals surface area contributed by atoms with Crippen molar-refractivity contribution in [3.05, 3.63) is 35.1 Å². The third-order valence-corrected chi connectivity index (χ3v) is 2.49. The molecule has 0 atom stereocenters. The maximum absolute atomic E-state index is 13.0. The van der Waals surface area contributed by atoms with Gasteiger partial charge in [0, 0.05) is 12.5 Å². The van der Waals surface area contributed by atoms with Crippen LogP contribution in [-0.4, -0.2) is 18.8 Å². The van der Waals surface area contributed by atoms with E-state index in [4.69, 9.17) is 4.74 Å². The average Bonchev–Trinajstić information content (AvgIpc) is 2.18. The molecule has 0 aromatic heterocycles. The van der Waals surface area contributed by atoms with E-state index >= 15 is 0 Å². The van der Waals surface area contributed by atoms with Crippen LogP contribution in [0.25, 0.3) is 0 Å². The van der Waals surface area contributed by atoms with Crippen LogP contribution in [0.4, 0.5) is 4.39 Å². The highest BCUT2D eigenvalue weighted by molar-refractivity contribution is 5.33. The van der Waals surface area contributed by atoms with Gasteiger partial charge in [-0.15, -0.1) is 0 Å². The molecule has 2 nitrogen and oxygen atoms in total. The fourth-order valence-electron chi connectivity index (χ4n) is 1.58. The van der Waals surface area contributed by atoms with Crippen LogP contribution in [-0.2, 0) is 16.8 Å². The van der Waals surface area contributed by atoms with E-state index in [1.54, 1.807) is 13.2 Å². The molecule has 3 heteroatoms. The zero-order chi connectivity index (χ0) is 11.5. The fraction of sp³-hybridized carbons (Fsp3) is 0.500. The smallest absolute Gasteiger partial charge is 0.123 e. The first-order valence-electron chi connectivity index (χ1n) is 4.90. The lowest BCUT2D eigenvalue weighted by molar-refractivity contribution is 0.178. The minimum Gasteiger partial charge on any atom is -0.395 e. The maximum atomic E-state index is 13.0. The average molecular weight is 212 g/mol. The Morgan fingerprint density at radius 2 is 2.07 bits per heavy atom. The molecule has 0 radical (unpaired) electrons. The second-order valence-electron chi connectivity index (χ2n) is 4.28. The van der Waals surface area contributed by atoms with Crippen LogP contribution in [0.2, 0.25) is 0 Å². The zero-order valence-electron chi connectivity index (χ0n) is 9.38. The van der Waals surface area contributed by atoms with Crippen molar-refractivity contribution in [2.24, 2.45) is 0 Å². The Morgan fingerprint density at radius 3 is 2.60 bits per heavy atom. The van der Waals surface area contributed by atoms with Gasteiger partial charge >= 0.3 is 0 Å². The summed E-state index contributed by atoms with van der Waals surface area (Å²) in [6.45, 7) is 4.21. The van der Waals surface area contributed by atoms with E-state index in [1.807, 2.05) is 13.8 Å². The minimum atomic E-state index is -0.373. The van der Waals surface area contributed by atoms with Crippen molar-refractivity contribution >= 4 is 0 Å². The van der Waals surface area contributed by atoms with Gasteiger partial charge in [0.2, 0.25) is 0 Å². The molecular weight excluding hydrogens is 195 g/mol. The van der Waals surface area contributed by atoms with Crippen LogP contribution >= 0.6 is 0 Å². The van der Waals surface area contributed by atoms with Crippen LogP contribution in [0.5, 0.6) is 0 Å². The monoisotopic (exact) mass is 212 g/mol. The summed E-state index contributed by atoms with van der Waals surface area (Å²) >= 11 is 0. The maximum Gasteiger partial charge on any atom is 0.123 e. The van der Waals surface area contributed by atoms with Gasteiger partial charge in [-0.2, -0.15) is 0 Å². The summed E-state index contributed by atoms with van der Waals surface area (Å²) in [6.07, 6.45) is 0. The molecule has 0 saturated heterocycles. The highest BCUT2D eigenvalue weighted by Crippen LogP contribution is 2.27. The summed E-state index contributed by atoms with van der Waals surface area (Å²) in [6, 6.07) is 4.57. The standard InChI is InChI=1S/C12H17FO2/c1-12(2,8-14)11-5-4-10(13)6-9(11)7-15-3/h4-6,14H,7-8H2,1-3H3. The molecule has 0 saturated carbocycles. The number of rotatable bonds is 4. The molecule has 0 unspecified atom stereocenters. The lowest BCUT2D eigenvalue weighted by Gasteiger charge is -2.25. The number of hydrogen-bond donors (Lipinski definition) is 1. The van der Waals surface area contributed by atoms with Gasteiger partial charge in [0.1, 0.15) is 5.82 Å². The molecule has 0 heterocycles. The van der Waals surface area contributed by atoms with E-state index in [2.05, 4.69) is 0 Å². The topological polar surface area (TPSA) is 29.5 Å². The minimum absolute atomic E-state index is 0.0232. The molecule has 0 fully saturated rings. The van der Waals surface area contributed by atoms with Gasteiger partial charge in [0.05, 0.1) is 13.2 Å². The van der Waals surface area contributed by atoms with Gasteiger partial charge in [0.15, 0.2) is 0 Å². The molecular formula is C12H17FO2. The van der Waals surface area contributed by atoms with E-state index < -0.39 is 0 Å². The van der Waals surface area contributed by atoms with Gasteiger partial charge in [-0.25, -0.2) is 4.39 Å². The summed E-state index contributed by atoms with van der Waals surface area (Å²) < 4.78 is 18.1. The number of benzene rings is 1. The van der Waals surface area contributed by atoms with Crippen LogP contribution < -0.4 is 0 Å². The first-order chi connectivity index (χ1) is 7.01. The predicted molar refractivity (Wildman–Crippen MR) is 57.2 cm³/mol. The van der Waals surface area contributed by atoms with Crippen LogP contribution in [0.3, 0.4) is 0 Å². The normalized spacial score (nSPS) is 11.8. The number of ether oxygens (including phenoxy) is 1. The molecule has 84 valence electrons. The van der Waals surface area contributed by atoms with Crippen molar-refractivity contribution < 1.29 is 14.2 Å².